The third-order valence-corrected chi connectivity index (χ3v) is 4.57. The maximum atomic E-state index is 2.37. The molecule has 0 heteroatoms. The predicted octanol–water partition coefficient (Wildman–Crippen LogP) is 4.45. The van der Waals surface area contributed by atoms with Gasteiger partial charge in [-0.15, -0.1) is 0 Å². The van der Waals surface area contributed by atoms with Crippen LogP contribution in [0, 0.1) is 0 Å². The molecule has 0 aromatic heterocycles. The Morgan fingerprint density at radius 3 is 2.61 bits per heavy atom. The van der Waals surface area contributed by atoms with E-state index in [2.05, 4.69) is 85.0 Å². The molecular weight excluding hydrogens is 276 g/mol. The Balaban J connectivity index is 1.66. The van der Waals surface area contributed by atoms with Gasteiger partial charge >= 0.3 is 0 Å². The molecule has 112 valence electrons. The van der Waals surface area contributed by atoms with Gasteiger partial charge in [0.2, 0.25) is 0 Å². The highest BCUT2D eigenvalue weighted by atomic mass is 14.0. The molecule has 0 atom stereocenters. The molecule has 0 unspecified atom stereocenters. The van der Waals surface area contributed by atoms with Crippen LogP contribution in [0.4, 0.5) is 0 Å². The van der Waals surface area contributed by atoms with E-state index in [0.717, 1.165) is 19.3 Å². The van der Waals surface area contributed by atoms with E-state index < -0.39 is 0 Å². The van der Waals surface area contributed by atoms with Crippen LogP contribution in [0.2, 0.25) is 0 Å². The number of fused-ring (bicyclic) bond motifs is 2. The van der Waals surface area contributed by atoms with E-state index >= 15 is 0 Å². The van der Waals surface area contributed by atoms with Gasteiger partial charge in [0.1, 0.15) is 0 Å². The van der Waals surface area contributed by atoms with Crippen LogP contribution < -0.4 is 10.4 Å². The van der Waals surface area contributed by atoms with Crippen molar-refractivity contribution < 1.29 is 0 Å². The molecule has 3 aromatic rings. The van der Waals surface area contributed by atoms with Gasteiger partial charge in [-0.3, -0.25) is 0 Å². The molecule has 0 nitrogen and oxygen atoms in total. The summed E-state index contributed by atoms with van der Waals surface area (Å²) in [4.78, 5) is 0. The normalized spacial score (nSPS) is 13.6. The van der Waals surface area contributed by atoms with Crippen LogP contribution in [-0.2, 0) is 6.42 Å². The topological polar surface area (TPSA) is 0 Å². The molecule has 0 radical (unpaired) electrons. The minimum atomic E-state index is 0.967. The molecule has 0 N–H and O–H groups in total. The first-order valence-corrected chi connectivity index (χ1v) is 8.34. The van der Waals surface area contributed by atoms with E-state index in [1.165, 1.54) is 32.3 Å². The molecule has 0 spiro atoms. The van der Waals surface area contributed by atoms with E-state index in [0.29, 0.717) is 0 Å². The van der Waals surface area contributed by atoms with Crippen molar-refractivity contribution >= 4 is 29.0 Å². The highest BCUT2D eigenvalue weighted by Gasteiger charge is 1.99. The lowest BCUT2D eigenvalue weighted by molar-refractivity contribution is 1.11. The molecule has 0 aliphatic heterocycles. The van der Waals surface area contributed by atoms with Gasteiger partial charge < -0.3 is 0 Å². The Morgan fingerprint density at radius 1 is 0.783 bits per heavy atom. The van der Waals surface area contributed by atoms with Gasteiger partial charge in [0.25, 0.3) is 0 Å². The van der Waals surface area contributed by atoms with Crippen molar-refractivity contribution in [3.63, 3.8) is 0 Å². The molecule has 1 aliphatic rings. The summed E-state index contributed by atoms with van der Waals surface area (Å²) >= 11 is 0. The van der Waals surface area contributed by atoms with E-state index in [9.17, 15) is 0 Å². The second-order valence-electron chi connectivity index (χ2n) is 6.08. The molecule has 0 bridgehead atoms. The Kier molecular flexibility index (Phi) is 3.81. The minimum absolute atomic E-state index is 0.967. The molecule has 23 heavy (non-hydrogen) atoms. The zero-order valence-corrected chi connectivity index (χ0v) is 13.2. The smallest absolute Gasteiger partial charge is 0.00880 e. The summed E-state index contributed by atoms with van der Waals surface area (Å²) in [5.41, 5.74) is 2.72. The Morgan fingerprint density at radius 2 is 1.61 bits per heavy atom. The fourth-order valence-corrected chi connectivity index (χ4v) is 3.41. The first-order chi connectivity index (χ1) is 11.4. The van der Waals surface area contributed by atoms with Crippen molar-refractivity contribution in [3.05, 3.63) is 88.3 Å². The molecule has 4 rings (SSSR count). The second kappa shape index (κ2) is 6.26. The maximum Gasteiger partial charge on any atom is -0.00880 e. The lowest BCUT2D eigenvalue weighted by atomic mass is 10.0. The molecule has 0 saturated heterocycles. The zero-order chi connectivity index (χ0) is 15.5. The third-order valence-electron chi connectivity index (χ3n) is 4.57. The van der Waals surface area contributed by atoms with Gasteiger partial charge in [-0.2, -0.15) is 0 Å². The first kappa shape index (κ1) is 14.0. The van der Waals surface area contributed by atoms with Crippen LogP contribution in [0.15, 0.2) is 66.7 Å². The van der Waals surface area contributed by atoms with Crippen LogP contribution in [0.25, 0.3) is 29.0 Å². The van der Waals surface area contributed by atoms with Crippen LogP contribution in [0.3, 0.4) is 0 Å². The third kappa shape index (κ3) is 2.85. The Hall–Kier alpha value is -2.60. The van der Waals surface area contributed by atoms with Crippen molar-refractivity contribution in [2.75, 3.05) is 0 Å². The van der Waals surface area contributed by atoms with Gasteiger partial charge in [0.05, 0.1) is 0 Å². The van der Waals surface area contributed by atoms with Gasteiger partial charge in [-0.25, -0.2) is 0 Å². The molecule has 0 fully saturated rings. The average molecular weight is 296 g/mol. The Labute approximate surface area is 137 Å². The van der Waals surface area contributed by atoms with Crippen molar-refractivity contribution in [1.82, 2.24) is 0 Å². The maximum absolute atomic E-state index is 2.37. The van der Waals surface area contributed by atoms with E-state index in [1.54, 1.807) is 0 Å². The van der Waals surface area contributed by atoms with E-state index in [-0.39, 0.29) is 0 Å². The summed E-state index contributed by atoms with van der Waals surface area (Å²) < 4.78 is 0. The van der Waals surface area contributed by atoms with Crippen LogP contribution >= 0.6 is 0 Å². The lowest BCUT2D eigenvalue weighted by Gasteiger charge is -2.05. The summed E-state index contributed by atoms with van der Waals surface area (Å²) in [6.45, 7) is 0. The highest BCUT2D eigenvalue weighted by Crippen LogP contribution is 2.19. The molecule has 0 saturated carbocycles. The summed E-state index contributed by atoms with van der Waals surface area (Å²) in [5.74, 6) is 0. The number of rotatable bonds is 3. The van der Waals surface area contributed by atoms with Crippen molar-refractivity contribution in [2.24, 2.45) is 0 Å². The zero-order valence-electron chi connectivity index (χ0n) is 13.2. The van der Waals surface area contributed by atoms with E-state index in [4.69, 9.17) is 0 Å². The number of hydrogen-bond acceptors (Lipinski definition) is 0. The fourth-order valence-electron chi connectivity index (χ4n) is 3.41. The number of benzene rings is 3. The molecular formula is C23H20. The second-order valence-corrected chi connectivity index (χ2v) is 6.08. The van der Waals surface area contributed by atoms with Gasteiger partial charge in [0, 0.05) is 0 Å². The lowest BCUT2D eigenvalue weighted by Crippen LogP contribution is -2.28. The quantitative estimate of drug-likeness (QED) is 0.670. The van der Waals surface area contributed by atoms with Crippen molar-refractivity contribution in [2.45, 2.75) is 19.3 Å². The van der Waals surface area contributed by atoms with Crippen LogP contribution in [0.1, 0.15) is 24.0 Å². The minimum Gasteiger partial charge on any atom is -0.0795 e. The SMILES string of the molecule is C1=c2cccc(/C=C/Cc3cccc4ccccc34)c2=CCC1. The molecule has 0 amide bonds. The van der Waals surface area contributed by atoms with Gasteiger partial charge in [-0.05, 0) is 51.6 Å². The number of allylic oxidation sites excluding steroid dienone is 1. The highest BCUT2D eigenvalue weighted by molar-refractivity contribution is 5.85. The first-order valence-electron chi connectivity index (χ1n) is 8.34. The van der Waals surface area contributed by atoms with Gasteiger partial charge in [0.15, 0.2) is 0 Å². The Bertz CT molecular complexity index is 985. The molecule has 3 aromatic carbocycles. The van der Waals surface area contributed by atoms with E-state index in [1.807, 2.05) is 0 Å². The van der Waals surface area contributed by atoms with Crippen molar-refractivity contribution in [3.8, 4) is 0 Å². The van der Waals surface area contributed by atoms with Gasteiger partial charge in [-0.1, -0.05) is 85.0 Å². The standard InChI is InChI=1S/C23H20/c1-3-16-22-18(8-1)10-5-12-20(22)14-7-15-21-13-6-11-19-9-2-4-17-23(19)21/h1,3,5-13,15-17H,2,4,14H2/b15-7+. The summed E-state index contributed by atoms with van der Waals surface area (Å²) in [7, 11) is 0. The number of hydrogen-bond donors (Lipinski definition) is 0. The van der Waals surface area contributed by atoms with Crippen LogP contribution in [0.5, 0.6) is 0 Å². The predicted molar refractivity (Wildman–Crippen MR) is 101 cm³/mol. The summed E-state index contributed by atoms with van der Waals surface area (Å²) in [5, 5.41) is 5.45. The summed E-state index contributed by atoms with van der Waals surface area (Å²) in [6, 6.07) is 21.8. The largest absolute Gasteiger partial charge is 0.0795 e. The summed E-state index contributed by atoms with van der Waals surface area (Å²) in [6.07, 6.45) is 12.6. The van der Waals surface area contributed by atoms with Crippen LogP contribution in [-0.4, -0.2) is 0 Å². The van der Waals surface area contributed by atoms with Crippen molar-refractivity contribution in [1.29, 1.82) is 0 Å². The fraction of sp³-hybridized carbons (Fsp3) is 0.130. The molecule has 0 heterocycles. The monoisotopic (exact) mass is 296 g/mol. The average Bonchev–Trinajstić information content (AvgIpc) is 2.62. The molecule has 1 aliphatic carbocycles.